The molecule has 0 spiro atoms. The van der Waals surface area contributed by atoms with Crippen LogP contribution in [0.5, 0.6) is 0 Å². The molecule has 2 aromatic rings. The van der Waals surface area contributed by atoms with E-state index in [-0.39, 0.29) is 0 Å². The first-order valence-electron chi connectivity index (χ1n) is 5.29. The number of rotatable bonds is 1. The molecule has 0 aromatic heterocycles. The number of hydrogen-bond donors (Lipinski definition) is 0. The second-order valence-corrected chi connectivity index (χ2v) is 3.96. The Morgan fingerprint density at radius 3 is 2.00 bits per heavy atom. The number of hydrogen-bond acceptors (Lipinski definition) is 1. The van der Waals surface area contributed by atoms with E-state index in [4.69, 9.17) is 5.26 Å². The summed E-state index contributed by atoms with van der Waals surface area (Å²) in [6, 6.07) is 16.3. The van der Waals surface area contributed by atoms with Gasteiger partial charge in [0.2, 0.25) is 0 Å². The molecule has 0 amide bonds. The van der Waals surface area contributed by atoms with Gasteiger partial charge in [0.15, 0.2) is 0 Å². The van der Waals surface area contributed by atoms with Crippen molar-refractivity contribution in [1.29, 1.82) is 5.26 Å². The summed E-state index contributed by atoms with van der Waals surface area (Å²) in [5.41, 5.74) is 5.49. The molecule has 0 fully saturated rings. The largest absolute Gasteiger partial charge is 0.192 e. The van der Waals surface area contributed by atoms with Crippen molar-refractivity contribution >= 4 is 0 Å². The minimum absolute atomic E-state index is 0.731. The summed E-state index contributed by atoms with van der Waals surface area (Å²) >= 11 is 0. The zero-order valence-corrected chi connectivity index (χ0v) is 9.49. The van der Waals surface area contributed by atoms with Crippen LogP contribution in [-0.4, -0.2) is 0 Å². The Morgan fingerprint density at radius 2 is 1.50 bits per heavy atom. The molecule has 0 saturated heterocycles. The molecule has 0 N–H and O–H groups in total. The second-order valence-electron chi connectivity index (χ2n) is 3.96. The van der Waals surface area contributed by atoms with E-state index in [1.165, 1.54) is 11.1 Å². The van der Waals surface area contributed by atoms with Gasteiger partial charge in [0, 0.05) is 0 Å². The summed E-state index contributed by atoms with van der Waals surface area (Å²) in [5.74, 6) is 0. The molecule has 1 nitrogen and oxygen atoms in total. The van der Waals surface area contributed by atoms with Gasteiger partial charge in [0.05, 0.1) is 11.6 Å². The summed E-state index contributed by atoms with van der Waals surface area (Å²) < 4.78 is 0. The van der Waals surface area contributed by atoms with Crippen LogP contribution in [0.4, 0.5) is 0 Å². The van der Waals surface area contributed by atoms with Crippen molar-refractivity contribution in [3.8, 4) is 17.2 Å². The number of nitrogens with zero attached hydrogens (tertiary/aromatic N) is 1. The Balaban J connectivity index is 2.64. The lowest BCUT2D eigenvalue weighted by Gasteiger charge is -2.10. The van der Waals surface area contributed by atoms with Crippen molar-refractivity contribution in [2.24, 2.45) is 0 Å². The van der Waals surface area contributed by atoms with Gasteiger partial charge >= 0.3 is 0 Å². The van der Waals surface area contributed by atoms with Gasteiger partial charge < -0.3 is 0 Å². The van der Waals surface area contributed by atoms with Crippen LogP contribution < -0.4 is 0 Å². The maximum atomic E-state index is 8.90. The summed E-state index contributed by atoms with van der Waals surface area (Å²) in [6.45, 7) is 4.10. The van der Waals surface area contributed by atoms with E-state index in [0.717, 1.165) is 16.7 Å². The first-order valence-corrected chi connectivity index (χ1v) is 5.29. The molecule has 78 valence electrons. The zero-order valence-electron chi connectivity index (χ0n) is 9.49. The van der Waals surface area contributed by atoms with Gasteiger partial charge in [-0.25, -0.2) is 0 Å². The molecule has 0 radical (unpaired) electrons. The number of nitriles is 1. The van der Waals surface area contributed by atoms with E-state index in [0.29, 0.717) is 0 Å². The topological polar surface area (TPSA) is 23.8 Å². The first-order chi connectivity index (χ1) is 7.72. The highest BCUT2D eigenvalue weighted by atomic mass is 14.2. The van der Waals surface area contributed by atoms with Gasteiger partial charge in [-0.3, -0.25) is 0 Å². The fraction of sp³-hybridized carbons (Fsp3) is 0.133. The van der Waals surface area contributed by atoms with Gasteiger partial charge in [-0.05, 0) is 48.2 Å². The van der Waals surface area contributed by atoms with Gasteiger partial charge in [-0.2, -0.15) is 5.26 Å². The molecule has 0 atom stereocenters. The predicted molar refractivity (Wildman–Crippen MR) is 66.1 cm³/mol. The average molecular weight is 207 g/mol. The van der Waals surface area contributed by atoms with E-state index in [1.807, 2.05) is 30.3 Å². The van der Waals surface area contributed by atoms with Crippen LogP contribution in [0, 0.1) is 25.2 Å². The quantitative estimate of drug-likeness (QED) is 0.697. The van der Waals surface area contributed by atoms with E-state index in [9.17, 15) is 0 Å². The standard InChI is InChI=1S/C15H13N/c1-11-8-13(10-16)9-12(2)15(11)14-6-4-3-5-7-14/h3-9H,1-2H3. The Hall–Kier alpha value is -2.07. The molecule has 0 bridgehead atoms. The van der Waals surface area contributed by atoms with Gasteiger partial charge in [0.1, 0.15) is 0 Å². The van der Waals surface area contributed by atoms with Crippen LogP contribution in [0.2, 0.25) is 0 Å². The third kappa shape index (κ3) is 1.83. The normalized spacial score (nSPS) is 9.81. The highest BCUT2D eigenvalue weighted by Gasteiger charge is 2.06. The van der Waals surface area contributed by atoms with Crippen molar-refractivity contribution in [2.45, 2.75) is 13.8 Å². The maximum absolute atomic E-state index is 8.90. The molecule has 0 aliphatic carbocycles. The van der Waals surface area contributed by atoms with E-state index in [1.54, 1.807) is 0 Å². The van der Waals surface area contributed by atoms with Gasteiger partial charge in [0.25, 0.3) is 0 Å². The van der Waals surface area contributed by atoms with E-state index >= 15 is 0 Å². The smallest absolute Gasteiger partial charge is 0.0991 e. The Morgan fingerprint density at radius 1 is 0.938 bits per heavy atom. The minimum atomic E-state index is 0.731. The van der Waals surface area contributed by atoms with Crippen LogP contribution >= 0.6 is 0 Å². The SMILES string of the molecule is Cc1cc(C#N)cc(C)c1-c1ccccc1. The third-order valence-corrected chi connectivity index (χ3v) is 2.72. The van der Waals surface area contributed by atoms with E-state index < -0.39 is 0 Å². The molecule has 0 saturated carbocycles. The lowest BCUT2D eigenvalue weighted by atomic mass is 9.94. The van der Waals surface area contributed by atoms with Crippen LogP contribution in [0.15, 0.2) is 42.5 Å². The Kier molecular flexibility index (Phi) is 2.74. The minimum Gasteiger partial charge on any atom is -0.192 e. The predicted octanol–water partition coefficient (Wildman–Crippen LogP) is 3.84. The van der Waals surface area contributed by atoms with Gasteiger partial charge in [-0.15, -0.1) is 0 Å². The Labute approximate surface area is 96.0 Å². The lowest BCUT2D eigenvalue weighted by Crippen LogP contribution is -1.90. The monoisotopic (exact) mass is 207 g/mol. The summed E-state index contributed by atoms with van der Waals surface area (Å²) in [5, 5.41) is 8.90. The van der Waals surface area contributed by atoms with E-state index in [2.05, 4.69) is 32.0 Å². The van der Waals surface area contributed by atoms with Crippen molar-refractivity contribution in [2.75, 3.05) is 0 Å². The third-order valence-electron chi connectivity index (χ3n) is 2.72. The highest BCUT2D eigenvalue weighted by Crippen LogP contribution is 2.27. The number of benzene rings is 2. The van der Waals surface area contributed by atoms with Crippen LogP contribution in [0.3, 0.4) is 0 Å². The maximum Gasteiger partial charge on any atom is 0.0991 e. The highest BCUT2D eigenvalue weighted by molar-refractivity contribution is 5.71. The van der Waals surface area contributed by atoms with Crippen LogP contribution in [-0.2, 0) is 0 Å². The van der Waals surface area contributed by atoms with Gasteiger partial charge in [-0.1, -0.05) is 30.3 Å². The molecule has 16 heavy (non-hydrogen) atoms. The van der Waals surface area contributed by atoms with Crippen molar-refractivity contribution in [3.63, 3.8) is 0 Å². The van der Waals surface area contributed by atoms with Crippen LogP contribution in [0.1, 0.15) is 16.7 Å². The fourth-order valence-corrected chi connectivity index (χ4v) is 2.09. The summed E-state index contributed by atoms with van der Waals surface area (Å²) in [4.78, 5) is 0. The van der Waals surface area contributed by atoms with Crippen molar-refractivity contribution < 1.29 is 0 Å². The number of aryl methyl sites for hydroxylation is 2. The fourth-order valence-electron chi connectivity index (χ4n) is 2.09. The molecule has 0 aliphatic heterocycles. The van der Waals surface area contributed by atoms with Crippen LogP contribution in [0.25, 0.3) is 11.1 Å². The zero-order chi connectivity index (χ0) is 11.5. The Bertz CT molecular complexity index is 524. The molecule has 0 heterocycles. The molecule has 1 heteroatoms. The lowest BCUT2D eigenvalue weighted by molar-refractivity contribution is 1.35. The second kappa shape index (κ2) is 4.20. The summed E-state index contributed by atoms with van der Waals surface area (Å²) in [6.07, 6.45) is 0. The molecular weight excluding hydrogens is 194 g/mol. The molecule has 2 rings (SSSR count). The molecular formula is C15H13N. The average Bonchev–Trinajstić information content (AvgIpc) is 2.29. The molecule has 0 unspecified atom stereocenters. The molecule has 0 aliphatic rings. The summed E-state index contributed by atoms with van der Waals surface area (Å²) in [7, 11) is 0. The first kappa shape index (κ1) is 10.4. The van der Waals surface area contributed by atoms with Crippen molar-refractivity contribution in [1.82, 2.24) is 0 Å². The van der Waals surface area contributed by atoms with Crippen molar-refractivity contribution in [3.05, 3.63) is 59.2 Å². The molecule has 2 aromatic carbocycles.